The molecule has 1 fully saturated rings. The van der Waals surface area contributed by atoms with E-state index in [9.17, 15) is 8.42 Å². The first-order chi connectivity index (χ1) is 8.42. The fourth-order valence-electron chi connectivity index (χ4n) is 2.42. The van der Waals surface area contributed by atoms with Crippen LogP contribution in [0.25, 0.3) is 0 Å². The van der Waals surface area contributed by atoms with E-state index in [0.717, 1.165) is 24.0 Å². The lowest BCUT2D eigenvalue weighted by Gasteiger charge is -2.33. The van der Waals surface area contributed by atoms with Crippen molar-refractivity contribution in [2.75, 3.05) is 0 Å². The zero-order valence-corrected chi connectivity index (χ0v) is 11.6. The van der Waals surface area contributed by atoms with Crippen molar-refractivity contribution in [3.63, 3.8) is 0 Å². The summed E-state index contributed by atoms with van der Waals surface area (Å²) in [5, 5.41) is 0. The van der Waals surface area contributed by atoms with Gasteiger partial charge in [0, 0.05) is 12.6 Å². The monoisotopic (exact) mass is 268 g/mol. The Bertz CT molecular complexity index is 534. The highest BCUT2D eigenvalue weighted by atomic mass is 32.2. The van der Waals surface area contributed by atoms with Gasteiger partial charge in [0.1, 0.15) is 0 Å². The van der Waals surface area contributed by atoms with E-state index in [2.05, 4.69) is 11.6 Å². The van der Waals surface area contributed by atoms with Crippen LogP contribution >= 0.6 is 0 Å². The van der Waals surface area contributed by atoms with Gasteiger partial charge in [-0.1, -0.05) is 19.1 Å². The summed E-state index contributed by atoms with van der Waals surface area (Å²) in [7, 11) is -3.39. The van der Waals surface area contributed by atoms with Crippen LogP contribution < -0.4 is 10.5 Å². The van der Waals surface area contributed by atoms with Gasteiger partial charge in [-0.3, -0.25) is 0 Å². The molecule has 4 nitrogen and oxygen atoms in total. The van der Waals surface area contributed by atoms with E-state index in [1.54, 1.807) is 19.1 Å². The van der Waals surface area contributed by atoms with E-state index in [0.29, 0.717) is 17.4 Å². The summed E-state index contributed by atoms with van der Waals surface area (Å²) in [4.78, 5) is 0.360. The van der Waals surface area contributed by atoms with Gasteiger partial charge in [-0.05, 0) is 42.9 Å². The van der Waals surface area contributed by atoms with Gasteiger partial charge in [-0.2, -0.15) is 0 Å². The molecule has 1 saturated carbocycles. The van der Waals surface area contributed by atoms with E-state index in [1.807, 2.05) is 6.07 Å². The summed E-state index contributed by atoms with van der Waals surface area (Å²) in [6.45, 7) is 4.36. The molecule has 0 unspecified atom stereocenters. The second-order valence-corrected chi connectivity index (χ2v) is 6.88. The van der Waals surface area contributed by atoms with Crippen LogP contribution in [-0.2, 0) is 16.6 Å². The molecule has 0 spiro atoms. The third-order valence-corrected chi connectivity index (χ3v) is 5.14. The molecule has 2 rings (SSSR count). The number of rotatable bonds is 4. The van der Waals surface area contributed by atoms with Crippen LogP contribution in [0.1, 0.15) is 30.9 Å². The van der Waals surface area contributed by atoms with Gasteiger partial charge in [0.25, 0.3) is 0 Å². The van der Waals surface area contributed by atoms with E-state index in [-0.39, 0.29) is 6.04 Å². The molecule has 0 bridgehead atoms. The fraction of sp³-hybridized carbons (Fsp3) is 0.538. The number of aryl methyl sites for hydroxylation is 1. The number of sulfonamides is 1. The molecule has 0 atom stereocenters. The summed E-state index contributed by atoms with van der Waals surface area (Å²) >= 11 is 0. The molecule has 0 aromatic heterocycles. The van der Waals surface area contributed by atoms with Gasteiger partial charge in [0.05, 0.1) is 4.90 Å². The molecule has 5 heteroatoms. The average molecular weight is 268 g/mol. The van der Waals surface area contributed by atoms with Crippen LogP contribution in [0.2, 0.25) is 0 Å². The van der Waals surface area contributed by atoms with Crippen LogP contribution in [-0.4, -0.2) is 14.5 Å². The van der Waals surface area contributed by atoms with Gasteiger partial charge in [-0.25, -0.2) is 13.1 Å². The smallest absolute Gasteiger partial charge is 0.241 e. The minimum Gasteiger partial charge on any atom is -0.326 e. The van der Waals surface area contributed by atoms with Crippen molar-refractivity contribution in [2.24, 2.45) is 11.7 Å². The summed E-state index contributed by atoms with van der Waals surface area (Å²) < 4.78 is 27.2. The standard InChI is InChI=1S/C13H20N2O2S/c1-9-5-12(6-9)15-18(16,17)13-4-3-11(8-14)7-10(13)2/h3-4,7,9,12,15H,5-6,8,14H2,1-2H3. The minimum absolute atomic E-state index is 0.0959. The fourth-order valence-corrected chi connectivity index (χ4v) is 3.91. The van der Waals surface area contributed by atoms with Crippen molar-refractivity contribution in [2.45, 2.75) is 44.2 Å². The van der Waals surface area contributed by atoms with Gasteiger partial charge in [-0.15, -0.1) is 0 Å². The number of nitrogens with one attached hydrogen (secondary N) is 1. The van der Waals surface area contributed by atoms with E-state index in [4.69, 9.17) is 5.73 Å². The first kappa shape index (κ1) is 13.5. The SMILES string of the molecule is Cc1cc(CN)ccc1S(=O)(=O)NC1CC(C)C1. The zero-order valence-electron chi connectivity index (χ0n) is 10.8. The Kier molecular flexibility index (Phi) is 3.75. The third-order valence-electron chi connectivity index (χ3n) is 3.46. The molecule has 18 heavy (non-hydrogen) atoms. The molecule has 0 radical (unpaired) electrons. The Morgan fingerprint density at radius 2 is 2.06 bits per heavy atom. The van der Waals surface area contributed by atoms with Gasteiger partial charge >= 0.3 is 0 Å². The Hall–Kier alpha value is -0.910. The summed E-state index contributed by atoms with van der Waals surface area (Å²) in [6.07, 6.45) is 1.86. The molecule has 0 amide bonds. The molecule has 0 saturated heterocycles. The maximum absolute atomic E-state index is 12.2. The molecule has 1 aromatic rings. The summed E-state index contributed by atoms with van der Waals surface area (Å²) in [5.74, 6) is 0.624. The first-order valence-electron chi connectivity index (χ1n) is 6.24. The molecule has 0 heterocycles. The second-order valence-electron chi connectivity index (χ2n) is 5.20. The zero-order chi connectivity index (χ0) is 13.3. The third kappa shape index (κ3) is 2.74. The lowest BCUT2D eigenvalue weighted by Crippen LogP contribution is -2.43. The molecule has 1 aliphatic carbocycles. The van der Waals surface area contributed by atoms with Crippen LogP contribution in [0.3, 0.4) is 0 Å². The lowest BCUT2D eigenvalue weighted by atomic mass is 9.83. The van der Waals surface area contributed by atoms with E-state index in [1.165, 1.54) is 0 Å². The van der Waals surface area contributed by atoms with Crippen LogP contribution in [0.5, 0.6) is 0 Å². The quantitative estimate of drug-likeness (QED) is 0.870. The minimum atomic E-state index is -3.39. The highest BCUT2D eigenvalue weighted by Crippen LogP contribution is 2.28. The van der Waals surface area contributed by atoms with E-state index < -0.39 is 10.0 Å². The summed E-state index contributed by atoms with van der Waals surface area (Å²) in [6, 6.07) is 5.34. The molecular weight excluding hydrogens is 248 g/mol. The number of hydrogen-bond acceptors (Lipinski definition) is 3. The highest BCUT2D eigenvalue weighted by molar-refractivity contribution is 7.89. The second kappa shape index (κ2) is 4.99. The topological polar surface area (TPSA) is 72.2 Å². The predicted molar refractivity (Wildman–Crippen MR) is 71.6 cm³/mol. The predicted octanol–water partition coefficient (Wildman–Crippen LogP) is 1.53. The van der Waals surface area contributed by atoms with Crippen molar-refractivity contribution in [3.05, 3.63) is 29.3 Å². The molecule has 100 valence electrons. The normalized spacial score (nSPS) is 23.7. The highest BCUT2D eigenvalue weighted by Gasteiger charge is 2.30. The Balaban J connectivity index is 2.19. The van der Waals surface area contributed by atoms with Crippen molar-refractivity contribution < 1.29 is 8.42 Å². The van der Waals surface area contributed by atoms with Crippen molar-refractivity contribution in [1.82, 2.24) is 4.72 Å². The van der Waals surface area contributed by atoms with Crippen LogP contribution in [0, 0.1) is 12.8 Å². The van der Waals surface area contributed by atoms with Gasteiger partial charge < -0.3 is 5.73 Å². The molecular formula is C13H20N2O2S. The van der Waals surface area contributed by atoms with Gasteiger partial charge in [0.2, 0.25) is 10.0 Å². The molecule has 3 N–H and O–H groups in total. The first-order valence-corrected chi connectivity index (χ1v) is 7.72. The average Bonchev–Trinajstić information content (AvgIpc) is 2.26. The maximum atomic E-state index is 12.2. The lowest BCUT2D eigenvalue weighted by molar-refractivity contribution is 0.270. The van der Waals surface area contributed by atoms with Crippen LogP contribution in [0.15, 0.2) is 23.1 Å². The van der Waals surface area contributed by atoms with Gasteiger partial charge in [0.15, 0.2) is 0 Å². The largest absolute Gasteiger partial charge is 0.326 e. The number of hydrogen-bond donors (Lipinski definition) is 2. The van der Waals surface area contributed by atoms with E-state index >= 15 is 0 Å². The Labute approximate surface area is 109 Å². The van der Waals surface area contributed by atoms with Crippen molar-refractivity contribution in [3.8, 4) is 0 Å². The molecule has 1 aliphatic rings. The van der Waals surface area contributed by atoms with Crippen molar-refractivity contribution >= 4 is 10.0 Å². The number of nitrogens with two attached hydrogens (primary N) is 1. The summed E-state index contributed by atoms with van der Waals surface area (Å²) in [5.41, 5.74) is 7.24. The Morgan fingerprint density at radius 3 is 2.56 bits per heavy atom. The molecule has 1 aromatic carbocycles. The number of benzene rings is 1. The van der Waals surface area contributed by atoms with Crippen molar-refractivity contribution in [1.29, 1.82) is 0 Å². The maximum Gasteiger partial charge on any atom is 0.241 e. The van der Waals surface area contributed by atoms with Crippen LogP contribution in [0.4, 0.5) is 0 Å². The molecule has 0 aliphatic heterocycles. The Morgan fingerprint density at radius 1 is 1.39 bits per heavy atom.